The average Bonchev–Trinajstić information content (AvgIpc) is 2.32. The SMILES string of the molecule is C=Cc1ccccc1.CCN(CC)C(C)C. The highest BCUT2D eigenvalue weighted by molar-refractivity contribution is 5.45. The Morgan fingerprint density at radius 3 is 1.81 bits per heavy atom. The van der Waals surface area contributed by atoms with E-state index in [1.807, 2.05) is 36.4 Å². The summed E-state index contributed by atoms with van der Waals surface area (Å²) >= 11 is 0. The first-order valence-corrected chi connectivity index (χ1v) is 6.07. The van der Waals surface area contributed by atoms with Gasteiger partial charge in [-0.15, -0.1) is 0 Å². The molecule has 0 saturated carbocycles. The Kier molecular flexibility index (Phi) is 8.55. The fraction of sp³-hybridized carbons (Fsp3) is 0.467. The van der Waals surface area contributed by atoms with Crippen LogP contribution in [0.15, 0.2) is 36.9 Å². The second-order valence-corrected chi connectivity index (χ2v) is 3.93. The summed E-state index contributed by atoms with van der Waals surface area (Å²) in [5.41, 5.74) is 1.17. The van der Waals surface area contributed by atoms with Gasteiger partial charge in [-0.25, -0.2) is 0 Å². The Morgan fingerprint density at radius 1 is 1.12 bits per heavy atom. The maximum absolute atomic E-state index is 3.63. The van der Waals surface area contributed by atoms with Gasteiger partial charge in [0.15, 0.2) is 0 Å². The maximum atomic E-state index is 3.63. The Balaban J connectivity index is 0.000000281. The fourth-order valence-electron chi connectivity index (χ4n) is 1.54. The van der Waals surface area contributed by atoms with Gasteiger partial charge in [0.2, 0.25) is 0 Å². The lowest BCUT2D eigenvalue weighted by Crippen LogP contribution is -2.29. The zero-order valence-electron chi connectivity index (χ0n) is 11.1. The Labute approximate surface area is 101 Å². The topological polar surface area (TPSA) is 3.24 Å². The van der Waals surface area contributed by atoms with Gasteiger partial charge in [0.05, 0.1) is 0 Å². The summed E-state index contributed by atoms with van der Waals surface area (Å²) in [7, 11) is 0. The van der Waals surface area contributed by atoms with E-state index in [2.05, 4.69) is 39.2 Å². The number of hydrogen-bond acceptors (Lipinski definition) is 1. The second kappa shape index (κ2) is 9.17. The lowest BCUT2D eigenvalue weighted by Gasteiger charge is -2.21. The quantitative estimate of drug-likeness (QED) is 0.738. The van der Waals surface area contributed by atoms with Crippen LogP contribution in [0.25, 0.3) is 6.08 Å². The van der Waals surface area contributed by atoms with Gasteiger partial charge in [0.1, 0.15) is 0 Å². The molecule has 0 aliphatic rings. The predicted molar refractivity (Wildman–Crippen MR) is 74.6 cm³/mol. The van der Waals surface area contributed by atoms with Crippen LogP contribution in [0.1, 0.15) is 33.3 Å². The van der Waals surface area contributed by atoms with Crippen molar-refractivity contribution in [2.45, 2.75) is 33.7 Å². The lowest BCUT2D eigenvalue weighted by atomic mass is 10.2. The molecule has 0 unspecified atom stereocenters. The standard InChI is InChI=1S/C8H8.C7H17N/c1-2-8-6-4-3-5-7-8;1-5-8(6-2)7(3)4/h2-7H,1H2;7H,5-6H2,1-4H3. The first-order chi connectivity index (χ1) is 7.65. The molecular weight excluding hydrogens is 194 g/mol. The minimum Gasteiger partial charge on any atom is -0.301 e. The van der Waals surface area contributed by atoms with Gasteiger partial charge >= 0.3 is 0 Å². The molecule has 0 amide bonds. The van der Waals surface area contributed by atoms with Gasteiger partial charge in [-0.1, -0.05) is 56.8 Å². The average molecular weight is 219 g/mol. The van der Waals surface area contributed by atoms with E-state index in [0.29, 0.717) is 6.04 Å². The molecule has 0 fully saturated rings. The third-order valence-electron chi connectivity index (χ3n) is 2.58. The number of rotatable bonds is 4. The molecule has 0 aliphatic heterocycles. The third-order valence-corrected chi connectivity index (χ3v) is 2.58. The van der Waals surface area contributed by atoms with Crippen LogP contribution in [0.4, 0.5) is 0 Å². The minimum atomic E-state index is 0.713. The molecule has 1 aromatic rings. The van der Waals surface area contributed by atoms with E-state index < -0.39 is 0 Å². The number of hydrogen-bond donors (Lipinski definition) is 0. The first-order valence-electron chi connectivity index (χ1n) is 6.07. The van der Waals surface area contributed by atoms with Crippen LogP contribution in [-0.2, 0) is 0 Å². The summed E-state index contributed by atoms with van der Waals surface area (Å²) in [6.45, 7) is 14.8. The minimum absolute atomic E-state index is 0.713. The van der Waals surface area contributed by atoms with Crippen molar-refractivity contribution in [2.75, 3.05) is 13.1 Å². The van der Waals surface area contributed by atoms with Gasteiger partial charge in [0, 0.05) is 6.04 Å². The molecule has 0 spiro atoms. The van der Waals surface area contributed by atoms with Crippen molar-refractivity contribution >= 4 is 6.08 Å². The summed E-state index contributed by atoms with van der Waals surface area (Å²) in [4.78, 5) is 2.42. The van der Waals surface area contributed by atoms with E-state index in [0.717, 1.165) is 0 Å². The van der Waals surface area contributed by atoms with Crippen molar-refractivity contribution in [1.29, 1.82) is 0 Å². The molecule has 0 saturated heterocycles. The third kappa shape index (κ3) is 6.41. The zero-order chi connectivity index (χ0) is 12.4. The monoisotopic (exact) mass is 219 g/mol. The summed E-state index contributed by atoms with van der Waals surface area (Å²) < 4.78 is 0. The van der Waals surface area contributed by atoms with E-state index in [4.69, 9.17) is 0 Å². The van der Waals surface area contributed by atoms with Crippen LogP contribution < -0.4 is 0 Å². The molecule has 1 rings (SSSR count). The molecule has 0 bridgehead atoms. The van der Waals surface area contributed by atoms with Crippen molar-refractivity contribution in [3.05, 3.63) is 42.5 Å². The summed E-state index contributed by atoms with van der Waals surface area (Å²) in [6, 6.07) is 10.7. The first kappa shape index (κ1) is 14.9. The van der Waals surface area contributed by atoms with Crippen LogP contribution in [-0.4, -0.2) is 24.0 Å². The van der Waals surface area contributed by atoms with Gasteiger partial charge in [-0.3, -0.25) is 0 Å². The van der Waals surface area contributed by atoms with Gasteiger partial charge in [-0.2, -0.15) is 0 Å². The van der Waals surface area contributed by atoms with E-state index >= 15 is 0 Å². The van der Waals surface area contributed by atoms with Gasteiger partial charge in [0.25, 0.3) is 0 Å². The van der Waals surface area contributed by atoms with E-state index in [9.17, 15) is 0 Å². The maximum Gasteiger partial charge on any atom is 0.00383 e. The molecule has 0 radical (unpaired) electrons. The fourth-order valence-corrected chi connectivity index (χ4v) is 1.54. The van der Waals surface area contributed by atoms with Gasteiger partial charge in [-0.05, 0) is 32.5 Å². The van der Waals surface area contributed by atoms with Crippen molar-refractivity contribution in [3.63, 3.8) is 0 Å². The molecule has 0 heterocycles. The molecule has 1 nitrogen and oxygen atoms in total. The van der Waals surface area contributed by atoms with Crippen LogP contribution in [0.3, 0.4) is 0 Å². The van der Waals surface area contributed by atoms with Crippen LogP contribution in [0.5, 0.6) is 0 Å². The van der Waals surface area contributed by atoms with Crippen LogP contribution in [0.2, 0.25) is 0 Å². The molecule has 0 aromatic heterocycles. The molecule has 0 atom stereocenters. The highest BCUT2D eigenvalue weighted by Gasteiger charge is 2.00. The van der Waals surface area contributed by atoms with E-state index in [-0.39, 0.29) is 0 Å². The molecular formula is C15H25N. The lowest BCUT2D eigenvalue weighted by molar-refractivity contribution is 0.246. The molecule has 1 heteroatoms. The van der Waals surface area contributed by atoms with Gasteiger partial charge < -0.3 is 4.90 Å². The Morgan fingerprint density at radius 2 is 1.62 bits per heavy atom. The number of nitrogens with zero attached hydrogens (tertiary/aromatic N) is 1. The van der Waals surface area contributed by atoms with E-state index in [1.54, 1.807) is 0 Å². The van der Waals surface area contributed by atoms with Crippen LogP contribution in [0, 0.1) is 0 Å². The molecule has 16 heavy (non-hydrogen) atoms. The number of benzene rings is 1. The highest BCUT2D eigenvalue weighted by atomic mass is 15.1. The predicted octanol–water partition coefficient (Wildman–Crippen LogP) is 4.07. The molecule has 90 valence electrons. The van der Waals surface area contributed by atoms with Crippen molar-refractivity contribution < 1.29 is 0 Å². The van der Waals surface area contributed by atoms with E-state index in [1.165, 1.54) is 18.7 Å². The molecule has 0 N–H and O–H groups in total. The summed E-state index contributed by atoms with van der Waals surface area (Å²) in [5.74, 6) is 0. The van der Waals surface area contributed by atoms with Crippen molar-refractivity contribution in [1.82, 2.24) is 4.90 Å². The zero-order valence-corrected chi connectivity index (χ0v) is 11.1. The normalized spacial score (nSPS) is 9.88. The van der Waals surface area contributed by atoms with Crippen LogP contribution >= 0.6 is 0 Å². The van der Waals surface area contributed by atoms with Crippen molar-refractivity contribution in [3.8, 4) is 0 Å². The summed E-state index contributed by atoms with van der Waals surface area (Å²) in [5, 5.41) is 0. The second-order valence-electron chi connectivity index (χ2n) is 3.93. The Bertz CT molecular complexity index is 260. The molecule has 1 aromatic carbocycles. The highest BCUT2D eigenvalue weighted by Crippen LogP contribution is 1.97. The largest absolute Gasteiger partial charge is 0.301 e. The smallest absolute Gasteiger partial charge is 0.00383 e. The van der Waals surface area contributed by atoms with Crippen molar-refractivity contribution in [2.24, 2.45) is 0 Å². The summed E-state index contributed by atoms with van der Waals surface area (Å²) in [6.07, 6.45) is 1.83. The Hall–Kier alpha value is -1.08. The molecule has 0 aliphatic carbocycles.